The molecule has 0 aromatic heterocycles. The normalized spacial score (nSPS) is 20.8. The van der Waals surface area contributed by atoms with E-state index in [1.54, 1.807) is 20.8 Å². The summed E-state index contributed by atoms with van der Waals surface area (Å²) < 4.78 is 53.1. The molecule has 1 aliphatic carbocycles. The summed E-state index contributed by atoms with van der Waals surface area (Å²) >= 11 is 0. The summed E-state index contributed by atoms with van der Waals surface area (Å²) in [5.74, 6) is 0. The Morgan fingerprint density at radius 2 is 1.44 bits per heavy atom. The van der Waals surface area contributed by atoms with E-state index in [1.165, 1.54) is 0 Å². The molecule has 2 aromatic rings. The van der Waals surface area contributed by atoms with Gasteiger partial charge >= 0.3 is 12.3 Å². The topological polar surface area (TPSA) is 50.8 Å². The minimum atomic E-state index is -4.49. The van der Waals surface area contributed by atoms with Crippen LogP contribution in [-0.2, 0) is 22.6 Å². The molecule has 1 saturated carbocycles. The lowest BCUT2D eigenvalue weighted by molar-refractivity contribution is -0.289. The second kappa shape index (κ2) is 12.1. The quantitative estimate of drug-likeness (QED) is 0.396. The van der Waals surface area contributed by atoms with Gasteiger partial charge in [0.15, 0.2) is 5.60 Å². The number of amides is 1. The van der Waals surface area contributed by atoms with Gasteiger partial charge in [-0.1, -0.05) is 60.7 Å². The summed E-state index contributed by atoms with van der Waals surface area (Å²) in [6.07, 6.45) is -4.65. The van der Waals surface area contributed by atoms with E-state index < -0.39 is 23.5 Å². The van der Waals surface area contributed by atoms with Crippen LogP contribution in [0.1, 0.15) is 57.6 Å². The fraction of sp³-hybridized carbons (Fsp3) is 0.536. The number of carbonyl (C=O) groups excluding carboxylic acids is 1. The Bertz CT molecular complexity index is 897. The Balaban J connectivity index is 1.63. The number of nitrogens with zero attached hydrogens (tertiary/aromatic N) is 1. The smallest absolute Gasteiger partial charge is 0.417 e. The summed E-state index contributed by atoms with van der Waals surface area (Å²) in [4.78, 5) is 14.1. The largest absolute Gasteiger partial charge is 0.444 e. The van der Waals surface area contributed by atoms with E-state index in [1.807, 2.05) is 60.7 Å². The molecule has 0 atom stereocenters. The molecule has 198 valence electrons. The van der Waals surface area contributed by atoms with Crippen LogP contribution < -0.4 is 5.32 Å². The van der Waals surface area contributed by atoms with E-state index in [2.05, 4.69) is 10.2 Å². The predicted octanol–water partition coefficient (Wildman–Crippen LogP) is 6.47. The lowest BCUT2D eigenvalue weighted by Gasteiger charge is -2.44. The van der Waals surface area contributed by atoms with Gasteiger partial charge in [0.25, 0.3) is 0 Å². The monoisotopic (exact) mass is 506 g/mol. The van der Waals surface area contributed by atoms with Crippen LogP contribution in [0.3, 0.4) is 0 Å². The SMILES string of the molecule is CC(C)(C)OC(=O)NCCOC1(C(F)(F)F)CCC(N(Cc2ccccc2)Cc2ccccc2)CC1. The number of alkyl carbamates (subject to hydrolysis) is 1. The molecular formula is C28H37F3N2O3. The molecule has 5 nitrogen and oxygen atoms in total. The highest BCUT2D eigenvalue weighted by molar-refractivity contribution is 5.67. The number of carbonyl (C=O) groups is 1. The first kappa shape index (κ1) is 28.0. The van der Waals surface area contributed by atoms with Gasteiger partial charge in [-0.2, -0.15) is 13.2 Å². The Labute approximate surface area is 212 Å². The average molecular weight is 507 g/mol. The first-order valence-electron chi connectivity index (χ1n) is 12.5. The van der Waals surface area contributed by atoms with Gasteiger partial charge in [-0.25, -0.2) is 4.79 Å². The van der Waals surface area contributed by atoms with Crippen LogP contribution in [0.25, 0.3) is 0 Å². The van der Waals surface area contributed by atoms with Crippen molar-refractivity contribution in [2.75, 3.05) is 13.2 Å². The van der Waals surface area contributed by atoms with Crippen LogP contribution in [0.4, 0.5) is 18.0 Å². The van der Waals surface area contributed by atoms with Crippen molar-refractivity contribution in [2.24, 2.45) is 0 Å². The fourth-order valence-electron chi connectivity index (χ4n) is 4.61. The van der Waals surface area contributed by atoms with Crippen molar-refractivity contribution in [3.8, 4) is 0 Å². The molecule has 0 aliphatic heterocycles. The van der Waals surface area contributed by atoms with Crippen LogP contribution in [0.5, 0.6) is 0 Å². The van der Waals surface area contributed by atoms with Gasteiger partial charge in [-0.05, 0) is 57.6 Å². The molecule has 1 N–H and O–H groups in total. The van der Waals surface area contributed by atoms with Gasteiger partial charge in [0.2, 0.25) is 0 Å². The third-order valence-corrected chi connectivity index (χ3v) is 6.40. The number of halogens is 3. The minimum absolute atomic E-state index is 0.00405. The van der Waals surface area contributed by atoms with Crippen LogP contribution >= 0.6 is 0 Å². The molecule has 0 bridgehead atoms. The van der Waals surface area contributed by atoms with Crippen LogP contribution in [0, 0.1) is 0 Å². The van der Waals surface area contributed by atoms with E-state index in [4.69, 9.17) is 9.47 Å². The molecule has 3 rings (SSSR count). The first-order chi connectivity index (χ1) is 17.0. The summed E-state index contributed by atoms with van der Waals surface area (Å²) in [5.41, 5.74) is -0.622. The lowest BCUT2D eigenvalue weighted by Crippen LogP contribution is -2.53. The Morgan fingerprint density at radius 1 is 0.944 bits per heavy atom. The van der Waals surface area contributed by atoms with Crippen LogP contribution in [0.15, 0.2) is 60.7 Å². The summed E-state index contributed by atoms with van der Waals surface area (Å²) in [5, 5.41) is 2.47. The fourth-order valence-corrected chi connectivity index (χ4v) is 4.61. The van der Waals surface area contributed by atoms with Gasteiger partial charge in [0.05, 0.1) is 6.61 Å². The molecule has 1 aliphatic rings. The Hall–Kier alpha value is -2.58. The summed E-state index contributed by atoms with van der Waals surface area (Å²) in [7, 11) is 0. The van der Waals surface area contributed by atoms with Gasteiger partial charge in [0, 0.05) is 25.7 Å². The zero-order chi connectivity index (χ0) is 26.2. The molecule has 8 heteroatoms. The number of nitrogens with one attached hydrogen (secondary N) is 1. The van der Waals surface area contributed by atoms with E-state index in [-0.39, 0.29) is 32.0 Å². The number of ether oxygens (including phenoxy) is 2. The van der Waals surface area contributed by atoms with E-state index >= 15 is 0 Å². The van der Waals surface area contributed by atoms with Gasteiger partial charge in [-0.3, -0.25) is 4.90 Å². The van der Waals surface area contributed by atoms with E-state index in [0.717, 1.165) is 11.1 Å². The highest BCUT2D eigenvalue weighted by atomic mass is 19.4. The van der Waals surface area contributed by atoms with Crippen molar-refractivity contribution in [1.82, 2.24) is 10.2 Å². The number of hydrogen-bond donors (Lipinski definition) is 1. The molecule has 0 radical (unpaired) electrons. The third kappa shape index (κ3) is 8.23. The molecule has 36 heavy (non-hydrogen) atoms. The zero-order valence-electron chi connectivity index (χ0n) is 21.3. The van der Waals surface area contributed by atoms with Crippen molar-refractivity contribution in [3.05, 3.63) is 71.8 Å². The number of benzene rings is 2. The highest BCUT2D eigenvalue weighted by Crippen LogP contribution is 2.45. The number of rotatable bonds is 9. The van der Waals surface area contributed by atoms with Crippen molar-refractivity contribution in [3.63, 3.8) is 0 Å². The maximum Gasteiger partial charge on any atom is 0.417 e. The molecule has 1 fully saturated rings. The molecule has 0 saturated heterocycles. The van der Waals surface area contributed by atoms with Crippen molar-refractivity contribution in [2.45, 2.75) is 83.0 Å². The Kier molecular flexibility index (Phi) is 9.41. The van der Waals surface area contributed by atoms with E-state index in [0.29, 0.717) is 25.9 Å². The van der Waals surface area contributed by atoms with Gasteiger partial charge in [0.1, 0.15) is 5.60 Å². The standard InChI is InChI=1S/C28H37F3N2O3/c1-26(2,3)36-25(34)32-18-19-35-27(28(29,30)31)16-14-24(15-17-27)33(20-22-10-6-4-7-11-22)21-23-12-8-5-9-13-23/h4-13,24H,14-21H2,1-3H3,(H,32,34). The highest BCUT2D eigenvalue weighted by Gasteiger charge is 2.57. The molecule has 0 unspecified atom stereocenters. The summed E-state index contributed by atoms with van der Waals surface area (Å²) in [6, 6.07) is 20.0. The maximum atomic E-state index is 14.2. The van der Waals surface area contributed by atoms with Gasteiger partial charge in [-0.15, -0.1) is 0 Å². The van der Waals surface area contributed by atoms with Crippen molar-refractivity contribution >= 4 is 6.09 Å². The molecule has 1 amide bonds. The second-order valence-corrected chi connectivity index (χ2v) is 10.4. The summed E-state index contributed by atoms with van der Waals surface area (Å²) in [6.45, 7) is 6.21. The zero-order valence-corrected chi connectivity index (χ0v) is 21.3. The van der Waals surface area contributed by atoms with Crippen molar-refractivity contribution in [1.29, 1.82) is 0 Å². The Morgan fingerprint density at radius 3 is 1.89 bits per heavy atom. The van der Waals surface area contributed by atoms with Crippen LogP contribution in [0.2, 0.25) is 0 Å². The molecule has 0 heterocycles. The van der Waals surface area contributed by atoms with Crippen LogP contribution in [-0.4, -0.2) is 47.6 Å². The van der Waals surface area contributed by atoms with Crippen molar-refractivity contribution < 1.29 is 27.4 Å². The van der Waals surface area contributed by atoms with Gasteiger partial charge < -0.3 is 14.8 Å². The minimum Gasteiger partial charge on any atom is -0.444 e. The second-order valence-electron chi connectivity index (χ2n) is 10.4. The maximum absolute atomic E-state index is 14.2. The number of hydrogen-bond acceptors (Lipinski definition) is 4. The first-order valence-corrected chi connectivity index (χ1v) is 12.5. The molecule has 2 aromatic carbocycles. The molecular weight excluding hydrogens is 469 g/mol. The number of alkyl halides is 3. The predicted molar refractivity (Wildman–Crippen MR) is 133 cm³/mol. The third-order valence-electron chi connectivity index (χ3n) is 6.40. The average Bonchev–Trinajstić information content (AvgIpc) is 2.81. The molecule has 0 spiro atoms. The lowest BCUT2D eigenvalue weighted by atomic mass is 9.80. The van der Waals surface area contributed by atoms with E-state index in [9.17, 15) is 18.0 Å².